The maximum absolute atomic E-state index is 12.0. The molecule has 2 aromatic carbocycles. The van der Waals surface area contributed by atoms with Crippen molar-refractivity contribution in [2.24, 2.45) is 0 Å². The lowest BCUT2D eigenvalue weighted by Crippen LogP contribution is -2.39. The maximum atomic E-state index is 12.0. The van der Waals surface area contributed by atoms with Crippen LogP contribution in [0.25, 0.3) is 0 Å². The summed E-state index contributed by atoms with van der Waals surface area (Å²) in [5.74, 6) is 1.78. The van der Waals surface area contributed by atoms with Crippen LogP contribution in [0.4, 0.5) is 0 Å². The molecule has 7 heteroatoms. The van der Waals surface area contributed by atoms with Crippen molar-refractivity contribution >= 4 is 5.97 Å². The van der Waals surface area contributed by atoms with Crippen molar-refractivity contribution in [3.05, 3.63) is 47.5 Å². The van der Waals surface area contributed by atoms with Crippen molar-refractivity contribution in [1.82, 2.24) is 4.90 Å². The summed E-state index contributed by atoms with van der Waals surface area (Å²) in [7, 11) is 4.82. The Balaban J connectivity index is 2.19. The lowest BCUT2D eigenvalue weighted by atomic mass is 9.94. The van der Waals surface area contributed by atoms with Gasteiger partial charge in [-0.3, -0.25) is 9.69 Å². The number of methoxy groups -OCH3 is 3. The lowest BCUT2D eigenvalue weighted by Gasteiger charge is -2.33. The summed E-state index contributed by atoms with van der Waals surface area (Å²) in [6.45, 7) is 3.07. The summed E-state index contributed by atoms with van der Waals surface area (Å²) in [6, 6.07) is 10.4. The van der Waals surface area contributed by atoms with E-state index in [2.05, 4.69) is 0 Å². The van der Waals surface area contributed by atoms with Crippen LogP contribution in [0.3, 0.4) is 0 Å². The summed E-state index contributed by atoms with van der Waals surface area (Å²) < 4.78 is 22.3. The van der Waals surface area contributed by atoms with Gasteiger partial charge in [-0.1, -0.05) is 6.07 Å². The fourth-order valence-corrected chi connectivity index (χ4v) is 4.10. The van der Waals surface area contributed by atoms with Gasteiger partial charge in [0.2, 0.25) is 0 Å². The molecule has 1 heterocycles. The second-order valence-corrected chi connectivity index (χ2v) is 7.09. The Labute approximate surface area is 177 Å². The van der Waals surface area contributed by atoms with Crippen LogP contribution in [0, 0.1) is 0 Å². The van der Waals surface area contributed by atoms with Crippen molar-refractivity contribution in [3.63, 3.8) is 0 Å². The van der Waals surface area contributed by atoms with Crippen molar-refractivity contribution in [1.29, 1.82) is 0 Å². The SMILES string of the molecule is CCOc1cc(C(c2cc(OC)ccc2OC)N2CCCC2C(=O)O)ccc1OC. The van der Waals surface area contributed by atoms with E-state index in [1.807, 2.05) is 48.2 Å². The van der Waals surface area contributed by atoms with Gasteiger partial charge in [-0.05, 0) is 55.7 Å². The number of hydrogen-bond donors (Lipinski definition) is 1. The zero-order chi connectivity index (χ0) is 21.7. The number of ether oxygens (including phenoxy) is 4. The standard InChI is InChI=1S/C23H29NO6/c1-5-30-21-13-15(8-10-20(21)29-4)22(24-12-6-7-18(24)23(25)26)17-14-16(27-2)9-11-19(17)28-3/h8-11,13-14,18,22H,5-7,12H2,1-4H3,(H,25,26). The molecule has 1 fully saturated rings. The number of carboxylic acid groups (broad SMARTS) is 1. The number of rotatable bonds is 9. The molecule has 0 amide bonds. The number of carboxylic acids is 1. The van der Waals surface area contributed by atoms with Crippen molar-refractivity contribution in [2.75, 3.05) is 34.5 Å². The van der Waals surface area contributed by atoms with Gasteiger partial charge in [0.15, 0.2) is 11.5 Å². The minimum Gasteiger partial charge on any atom is -0.497 e. The second-order valence-electron chi connectivity index (χ2n) is 7.09. The van der Waals surface area contributed by atoms with Gasteiger partial charge in [0.05, 0.1) is 34.0 Å². The highest BCUT2D eigenvalue weighted by molar-refractivity contribution is 5.74. The molecule has 162 valence electrons. The highest BCUT2D eigenvalue weighted by atomic mass is 16.5. The van der Waals surface area contributed by atoms with E-state index in [-0.39, 0.29) is 6.04 Å². The molecule has 1 aliphatic rings. The van der Waals surface area contributed by atoms with Crippen molar-refractivity contribution in [3.8, 4) is 23.0 Å². The topological polar surface area (TPSA) is 77.5 Å². The Kier molecular flexibility index (Phi) is 7.05. The fourth-order valence-electron chi connectivity index (χ4n) is 4.10. The van der Waals surface area contributed by atoms with E-state index in [0.717, 1.165) is 17.5 Å². The third kappa shape index (κ3) is 4.31. The molecule has 0 aromatic heterocycles. The molecule has 2 unspecified atom stereocenters. The Morgan fingerprint density at radius 3 is 2.43 bits per heavy atom. The van der Waals surface area contributed by atoms with Gasteiger partial charge < -0.3 is 24.1 Å². The smallest absolute Gasteiger partial charge is 0.320 e. The third-order valence-electron chi connectivity index (χ3n) is 5.45. The summed E-state index contributed by atoms with van der Waals surface area (Å²) in [6.07, 6.45) is 1.42. The summed E-state index contributed by atoms with van der Waals surface area (Å²) >= 11 is 0. The number of benzene rings is 2. The normalized spacial score (nSPS) is 17.4. The summed E-state index contributed by atoms with van der Waals surface area (Å²) in [4.78, 5) is 14.0. The lowest BCUT2D eigenvalue weighted by molar-refractivity contribution is -0.142. The Hall–Kier alpha value is -2.93. The molecule has 0 bridgehead atoms. The minimum absolute atomic E-state index is 0.344. The highest BCUT2D eigenvalue weighted by Gasteiger charge is 2.38. The van der Waals surface area contributed by atoms with E-state index in [1.54, 1.807) is 21.3 Å². The van der Waals surface area contributed by atoms with Gasteiger partial charge in [0.25, 0.3) is 0 Å². The van der Waals surface area contributed by atoms with E-state index >= 15 is 0 Å². The van der Waals surface area contributed by atoms with E-state index in [9.17, 15) is 9.90 Å². The van der Waals surface area contributed by atoms with Gasteiger partial charge in [0, 0.05) is 12.1 Å². The first-order valence-electron chi connectivity index (χ1n) is 10.0. The monoisotopic (exact) mass is 415 g/mol. The molecular formula is C23H29NO6. The van der Waals surface area contributed by atoms with Crippen LogP contribution in [-0.4, -0.2) is 56.5 Å². The summed E-state index contributed by atoms with van der Waals surface area (Å²) in [5, 5.41) is 9.83. The van der Waals surface area contributed by atoms with Crippen LogP contribution in [0.5, 0.6) is 23.0 Å². The number of likely N-dealkylation sites (tertiary alicyclic amines) is 1. The predicted octanol–water partition coefficient (Wildman–Crippen LogP) is 3.75. The van der Waals surface area contributed by atoms with Crippen LogP contribution in [0.2, 0.25) is 0 Å². The molecule has 1 N–H and O–H groups in total. The number of nitrogens with zero attached hydrogens (tertiary/aromatic N) is 1. The van der Waals surface area contributed by atoms with Crippen molar-refractivity contribution < 1.29 is 28.8 Å². The number of hydrogen-bond acceptors (Lipinski definition) is 6. The molecular weight excluding hydrogens is 386 g/mol. The maximum Gasteiger partial charge on any atom is 0.320 e. The largest absolute Gasteiger partial charge is 0.497 e. The average Bonchev–Trinajstić information content (AvgIpc) is 3.24. The van der Waals surface area contributed by atoms with E-state index in [1.165, 1.54) is 0 Å². The Bertz CT molecular complexity index is 884. The van der Waals surface area contributed by atoms with Gasteiger partial charge in [-0.2, -0.15) is 0 Å². The van der Waals surface area contributed by atoms with Gasteiger partial charge >= 0.3 is 5.97 Å². The highest BCUT2D eigenvalue weighted by Crippen LogP contribution is 2.42. The molecule has 1 aliphatic heterocycles. The second kappa shape index (κ2) is 9.71. The zero-order valence-corrected chi connectivity index (χ0v) is 17.9. The molecule has 2 aromatic rings. The van der Waals surface area contributed by atoms with E-state index in [4.69, 9.17) is 18.9 Å². The Morgan fingerprint density at radius 2 is 1.80 bits per heavy atom. The molecule has 7 nitrogen and oxygen atoms in total. The van der Waals surface area contributed by atoms with E-state index < -0.39 is 12.0 Å². The van der Waals surface area contributed by atoms with E-state index in [0.29, 0.717) is 42.6 Å². The summed E-state index contributed by atoms with van der Waals surface area (Å²) in [5.41, 5.74) is 1.75. The van der Waals surface area contributed by atoms with Crippen molar-refractivity contribution in [2.45, 2.75) is 31.8 Å². The van der Waals surface area contributed by atoms with Gasteiger partial charge in [-0.15, -0.1) is 0 Å². The zero-order valence-electron chi connectivity index (χ0n) is 17.9. The average molecular weight is 415 g/mol. The molecule has 1 saturated heterocycles. The first kappa shape index (κ1) is 21.8. The van der Waals surface area contributed by atoms with Gasteiger partial charge in [0.1, 0.15) is 17.5 Å². The molecule has 0 aliphatic carbocycles. The molecule has 0 spiro atoms. The third-order valence-corrected chi connectivity index (χ3v) is 5.45. The quantitative estimate of drug-likeness (QED) is 0.668. The molecule has 30 heavy (non-hydrogen) atoms. The number of aliphatic carboxylic acids is 1. The molecule has 0 saturated carbocycles. The van der Waals surface area contributed by atoms with Gasteiger partial charge in [-0.25, -0.2) is 0 Å². The Morgan fingerprint density at radius 1 is 1.07 bits per heavy atom. The molecule has 2 atom stereocenters. The molecule has 3 rings (SSSR count). The van der Waals surface area contributed by atoms with Crippen LogP contribution in [0.15, 0.2) is 36.4 Å². The van der Waals surface area contributed by atoms with Crippen LogP contribution < -0.4 is 18.9 Å². The first-order chi connectivity index (χ1) is 14.5. The minimum atomic E-state index is -0.821. The van der Waals surface area contributed by atoms with Crippen LogP contribution in [0.1, 0.15) is 36.9 Å². The fraction of sp³-hybridized carbons (Fsp3) is 0.435. The van der Waals surface area contributed by atoms with Crippen LogP contribution in [-0.2, 0) is 4.79 Å². The number of carbonyl (C=O) groups is 1. The molecule has 0 radical (unpaired) electrons. The van der Waals surface area contributed by atoms with Crippen LogP contribution >= 0.6 is 0 Å². The first-order valence-corrected chi connectivity index (χ1v) is 10.0. The predicted molar refractivity (Wildman–Crippen MR) is 113 cm³/mol.